The zero-order valence-corrected chi connectivity index (χ0v) is 21.4. The highest BCUT2D eigenvalue weighted by atomic mass is 35.5. The molecule has 176 valence electrons. The number of benzene rings is 1. The fourth-order valence-corrected chi connectivity index (χ4v) is 7.94. The molecular weight excluding hydrogens is 442 g/mol. The van der Waals surface area contributed by atoms with Crippen molar-refractivity contribution in [1.29, 1.82) is 0 Å². The summed E-state index contributed by atoms with van der Waals surface area (Å²) in [6.45, 7) is 3.82. The number of carbonyl (C=O) groups excluding carboxylic acids is 1. The molecule has 1 aromatic carbocycles. The van der Waals surface area contributed by atoms with Crippen molar-refractivity contribution in [2.75, 3.05) is 39.2 Å². The van der Waals surface area contributed by atoms with Gasteiger partial charge in [0.1, 0.15) is 11.3 Å². The smallest absolute Gasteiger partial charge is 0.235 e. The number of halogens is 1. The van der Waals surface area contributed by atoms with Gasteiger partial charge in [-0.2, -0.15) is 0 Å². The van der Waals surface area contributed by atoms with Gasteiger partial charge in [-0.3, -0.25) is 9.69 Å². The Labute approximate surface area is 201 Å². The molecule has 4 saturated carbocycles. The maximum absolute atomic E-state index is 14.2. The van der Waals surface area contributed by atoms with Crippen LogP contribution in [0.3, 0.4) is 0 Å². The second-order valence-corrected chi connectivity index (χ2v) is 11.5. The Morgan fingerprint density at radius 2 is 1.75 bits per heavy atom. The molecule has 1 heterocycles. The van der Waals surface area contributed by atoms with Gasteiger partial charge in [0.15, 0.2) is 5.13 Å². The van der Waals surface area contributed by atoms with E-state index >= 15 is 0 Å². The molecule has 4 aliphatic carbocycles. The molecule has 0 aliphatic heterocycles. The van der Waals surface area contributed by atoms with Crippen LogP contribution in [0.25, 0.3) is 10.2 Å². The predicted molar refractivity (Wildman–Crippen MR) is 134 cm³/mol. The molecule has 0 saturated heterocycles. The molecule has 0 radical (unpaired) electrons. The van der Waals surface area contributed by atoms with Gasteiger partial charge < -0.3 is 9.64 Å². The Morgan fingerprint density at radius 3 is 2.31 bits per heavy atom. The lowest BCUT2D eigenvalue weighted by Gasteiger charge is -2.56. The van der Waals surface area contributed by atoms with Gasteiger partial charge in [-0.25, -0.2) is 4.98 Å². The Morgan fingerprint density at radius 1 is 1.12 bits per heavy atom. The first kappa shape index (κ1) is 23.8. The van der Waals surface area contributed by atoms with Crippen LogP contribution in [0.1, 0.15) is 50.5 Å². The normalized spacial score (nSPS) is 28.2. The minimum absolute atomic E-state index is 0. The Hall–Kier alpha value is -1.37. The number of hydrogen-bond acceptors (Lipinski definition) is 5. The van der Waals surface area contributed by atoms with E-state index in [9.17, 15) is 4.79 Å². The fraction of sp³-hybridized carbons (Fsp3) is 0.680. The van der Waals surface area contributed by atoms with Crippen molar-refractivity contribution >= 4 is 45.0 Å². The van der Waals surface area contributed by atoms with Crippen molar-refractivity contribution in [3.8, 4) is 5.75 Å². The van der Waals surface area contributed by atoms with Crippen LogP contribution in [0.5, 0.6) is 5.75 Å². The van der Waals surface area contributed by atoms with Crippen molar-refractivity contribution in [1.82, 2.24) is 9.88 Å². The Bertz CT molecular complexity index is 954. The van der Waals surface area contributed by atoms with Crippen LogP contribution in [0, 0.1) is 30.1 Å². The molecular formula is C25H36ClN3O2S. The number of ether oxygens (including phenoxy) is 1. The van der Waals surface area contributed by atoms with Crippen LogP contribution in [0.4, 0.5) is 5.13 Å². The topological polar surface area (TPSA) is 45.7 Å². The SMILES string of the molecule is COc1ccc(C)c2sc(N(CCCN(C)C)C(=O)C34CC5CC(CC(C5)C3)C4)nc12.Cl. The summed E-state index contributed by atoms with van der Waals surface area (Å²) < 4.78 is 6.71. The Balaban J connectivity index is 0.00000245. The number of carbonyl (C=O) groups is 1. The van der Waals surface area contributed by atoms with Gasteiger partial charge in [0, 0.05) is 6.54 Å². The highest BCUT2D eigenvalue weighted by molar-refractivity contribution is 7.22. The molecule has 7 heteroatoms. The number of aryl methyl sites for hydroxylation is 1. The van der Waals surface area contributed by atoms with Crippen LogP contribution in [-0.4, -0.2) is 50.1 Å². The number of fused-ring (bicyclic) bond motifs is 1. The van der Waals surface area contributed by atoms with Gasteiger partial charge in [-0.05, 0) is 102 Å². The van der Waals surface area contributed by atoms with Gasteiger partial charge in [0.2, 0.25) is 5.91 Å². The molecule has 4 fully saturated rings. The third kappa shape index (κ3) is 4.14. The minimum Gasteiger partial charge on any atom is -0.494 e. The standard InChI is InChI=1S/C25H35N3O2S.ClH/c1-16-6-7-20(30-4)21-22(16)31-24(26-21)28(9-5-8-27(2)3)23(29)25-13-17-10-18(14-25)12-19(11-17)15-25;/h6-7,17-19H,5,8-15H2,1-4H3;1H. The zero-order valence-electron chi connectivity index (χ0n) is 19.7. The second kappa shape index (κ2) is 9.11. The van der Waals surface area contributed by atoms with Gasteiger partial charge in [0.05, 0.1) is 17.2 Å². The van der Waals surface area contributed by atoms with Crippen LogP contribution in [0.15, 0.2) is 12.1 Å². The number of aromatic nitrogens is 1. The van der Waals surface area contributed by atoms with Gasteiger partial charge in [-0.15, -0.1) is 12.4 Å². The van der Waals surface area contributed by atoms with Gasteiger partial charge in [0.25, 0.3) is 0 Å². The minimum atomic E-state index is -0.149. The van der Waals surface area contributed by atoms with E-state index in [1.165, 1.54) is 24.8 Å². The van der Waals surface area contributed by atoms with Gasteiger partial charge >= 0.3 is 0 Å². The number of hydrogen-bond donors (Lipinski definition) is 0. The van der Waals surface area contributed by atoms with Crippen molar-refractivity contribution < 1.29 is 9.53 Å². The van der Waals surface area contributed by atoms with Gasteiger partial charge in [-0.1, -0.05) is 17.4 Å². The summed E-state index contributed by atoms with van der Waals surface area (Å²) in [7, 11) is 5.88. The van der Waals surface area contributed by atoms with Crippen molar-refractivity contribution in [2.45, 2.75) is 51.9 Å². The number of anilines is 1. The molecule has 6 rings (SSSR count). The molecule has 4 aliphatic rings. The summed E-state index contributed by atoms with van der Waals surface area (Å²) in [6, 6.07) is 4.07. The van der Waals surface area contributed by atoms with E-state index in [2.05, 4.69) is 36.9 Å². The molecule has 2 aromatic rings. The third-order valence-electron chi connectivity index (χ3n) is 7.87. The van der Waals surface area contributed by atoms with Crippen LogP contribution in [-0.2, 0) is 4.79 Å². The molecule has 5 nitrogen and oxygen atoms in total. The molecule has 1 aromatic heterocycles. The number of methoxy groups -OCH3 is 1. The molecule has 0 spiro atoms. The second-order valence-electron chi connectivity index (χ2n) is 10.6. The maximum atomic E-state index is 14.2. The summed E-state index contributed by atoms with van der Waals surface area (Å²) in [5.41, 5.74) is 1.93. The largest absolute Gasteiger partial charge is 0.494 e. The first-order valence-electron chi connectivity index (χ1n) is 11.8. The summed E-state index contributed by atoms with van der Waals surface area (Å²) in [5, 5.41) is 0.849. The van der Waals surface area contributed by atoms with E-state index < -0.39 is 0 Å². The van der Waals surface area contributed by atoms with E-state index in [1.54, 1.807) is 18.4 Å². The lowest BCUT2D eigenvalue weighted by atomic mass is 9.49. The first-order valence-corrected chi connectivity index (χ1v) is 12.6. The van der Waals surface area contributed by atoms with E-state index in [-0.39, 0.29) is 17.8 Å². The lowest BCUT2D eigenvalue weighted by Crippen LogP contribution is -2.55. The zero-order chi connectivity index (χ0) is 21.8. The van der Waals surface area contributed by atoms with Crippen LogP contribution >= 0.6 is 23.7 Å². The summed E-state index contributed by atoms with van der Waals surface area (Å²) in [4.78, 5) is 23.5. The number of thiazole rings is 1. The van der Waals surface area contributed by atoms with Crippen molar-refractivity contribution in [3.63, 3.8) is 0 Å². The summed E-state index contributed by atoms with van der Waals surface area (Å²) in [5.74, 6) is 3.42. The average molecular weight is 478 g/mol. The van der Waals surface area contributed by atoms with Crippen LogP contribution < -0.4 is 9.64 Å². The molecule has 4 bridgehead atoms. The highest BCUT2D eigenvalue weighted by Crippen LogP contribution is 2.60. The van der Waals surface area contributed by atoms with Crippen LogP contribution in [0.2, 0.25) is 0 Å². The van der Waals surface area contributed by atoms with Crippen molar-refractivity contribution in [2.24, 2.45) is 23.2 Å². The summed E-state index contributed by atoms with van der Waals surface area (Å²) >= 11 is 1.65. The predicted octanol–water partition coefficient (Wildman–Crippen LogP) is 5.54. The van der Waals surface area contributed by atoms with E-state index in [1.807, 2.05) is 6.07 Å². The fourth-order valence-electron chi connectivity index (χ4n) is 6.87. The molecule has 1 amide bonds. The quantitative estimate of drug-likeness (QED) is 0.525. The highest BCUT2D eigenvalue weighted by Gasteiger charge is 2.56. The number of rotatable bonds is 7. The molecule has 0 atom stereocenters. The first-order chi connectivity index (χ1) is 14.9. The van der Waals surface area contributed by atoms with E-state index in [0.717, 1.165) is 77.6 Å². The maximum Gasteiger partial charge on any atom is 0.235 e. The third-order valence-corrected chi connectivity index (χ3v) is 9.08. The van der Waals surface area contributed by atoms with Crippen molar-refractivity contribution in [3.05, 3.63) is 17.7 Å². The van der Waals surface area contributed by atoms with E-state index in [0.29, 0.717) is 5.91 Å². The van der Waals surface area contributed by atoms with E-state index in [4.69, 9.17) is 9.72 Å². The average Bonchev–Trinajstić information content (AvgIpc) is 3.16. The lowest BCUT2D eigenvalue weighted by molar-refractivity contribution is -0.143. The Kier molecular flexibility index (Phi) is 6.77. The monoisotopic (exact) mass is 477 g/mol. The summed E-state index contributed by atoms with van der Waals surface area (Å²) in [6.07, 6.45) is 8.29. The number of nitrogens with zero attached hydrogens (tertiary/aromatic N) is 3. The molecule has 32 heavy (non-hydrogen) atoms. The molecule has 0 N–H and O–H groups in total. The molecule has 0 unspecified atom stereocenters. The number of amides is 1.